The van der Waals surface area contributed by atoms with Crippen LogP contribution in [0.25, 0.3) is 11.3 Å². The van der Waals surface area contributed by atoms with Gasteiger partial charge in [0.25, 0.3) is 0 Å². The second-order valence-corrected chi connectivity index (χ2v) is 6.47. The summed E-state index contributed by atoms with van der Waals surface area (Å²) in [6.07, 6.45) is 0.683. The highest BCUT2D eigenvalue weighted by atomic mass is 32.1. The molecule has 1 aliphatic rings. The summed E-state index contributed by atoms with van der Waals surface area (Å²) in [5.74, 6) is 0.601. The Balaban J connectivity index is 1.60. The lowest BCUT2D eigenvalue weighted by atomic mass is 9.92. The van der Waals surface area contributed by atoms with E-state index in [0.717, 1.165) is 27.6 Å². The lowest BCUT2D eigenvalue weighted by Crippen LogP contribution is -2.26. The minimum absolute atomic E-state index is 0.00724. The fourth-order valence-electron chi connectivity index (χ4n) is 2.95. The summed E-state index contributed by atoms with van der Waals surface area (Å²) in [5.41, 5.74) is 4.53. The molecule has 0 aliphatic carbocycles. The van der Waals surface area contributed by atoms with Crippen molar-refractivity contribution in [1.82, 2.24) is 4.98 Å². The van der Waals surface area contributed by atoms with E-state index in [0.29, 0.717) is 13.0 Å². The van der Waals surface area contributed by atoms with Crippen LogP contribution in [0.1, 0.15) is 17.9 Å². The van der Waals surface area contributed by atoms with Gasteiger partial charge in [0.1, 0.15) is 16.4 Å². The van der Waals surface area contributed by atoms with E-state index in [4.69, 9.17) is 4.74 Å². The number of nitrogens with one attached hydrogen (secondary N) is 1. The van der Waals surface area contributed by atoms with Crippen LogP contribution in [-0.2, 0) is 4.79 Å². The second-order valence-electron chi connectivity index (χ2n) is 5.61. The van der Waals surface area contributed by atoms with Crippen molar-refractivity contribution in [1.29, 1.82) is 0 Å². The van der Waals surface area contributed by atoms with E-state index >= 15 is 0 Å². The number of amides is 1. The molecular formula is C19H16N2O2S. The summed E-state index contributed by atoms with van der Waals surface area (Å²) in [5, 5.41) is 3.85. The molecule has 0 saturated carbocycles. The number of carbonyl (C=O) groups excluding carboxylic acids is 1. The molecule has 2 aromatic carbocycles. The van der Waals surface area contributed by atoms with E-state index in [1.165, 1.54) is 11.3 Å². The number of anilines is 1. The van der Waals surface area contributed by atoms with Gasteiger partial charge in [0.05, 0.1) is 18.0 Å². The van der Waals surface area contributed by atoms with E-state index in [2.05, 4.69) is 10.3 Å². The molecule has 0 radical (unpaired) electrons. The summed E-state index contributed by atoms with van der Waals surface area (Å²) in [7, 11) is 0. The Morgan fingerprint density at radius 1 is 1.12 bits per heavy atom. The van der Waals surface area contributed by atoms with Crippen molar-refractivity contribution < 1.29 is 9.53 Å². The van der Waals surface area contributed by atoms with Gasteiger partial charge in [-0.3, -0.25) is 4.79 Å². The number of hydrogen-bond acceptors (Lipinski definition) is 4. The highest BCUT2D eigenvalue weighted by Gasteiger charge is 2.28. The van der Waals surface area contributed by atoms with Gasteiger partial charge in [-0.15, -0.1) is 11.3 Å². The second kappa shape index (κ2) is 6.45. The van der Waals surface area contributed by atoms with Gasteiger partial charge in [0.2, 0.25) is 5.91 Å². The largest absolute Gasteiger partial charge is 0.493 e. The Labute approximate surface area is 144 Å². The van der Waals surface area contributed by atoms with Crippen molar-refractivity contribution in [2.24, 2.45) is 0 Å². The molecule has 4 rings (SSSR count). The van der Waals surface area contributed by atoms with E-state index in [-0.39, 0.29) is 11.8 Å². The first kappa shape index (κ1) is 14.9. The van der Waals surface area contributed by atoms with E-state index in [1.807, 2.05) is 54.6 Å². The van der Waals surface area contributed by atoms with Crippen LogP contribution < -0.4 is 10.1 Å². The SMILES string of the molecule is O=C(Nc1scnc1-c1ccccc1)[C@@H]1CCOc2ccccc21. The molecule has 1 atom stereocenters. The predicted molar refractivity (Wildman–Crippen MR) is 95.5 cm³/mol. The normalized spacial score (nSPS) is 16.1. The molecule has 1 amide bonds. The molecule has 2 heterocycles. The topological polar surface area (TPSA) is 51.2 Å². The maximum atomic E-state index is 12.8. The first-order valence-electron chi connectivity index (χ1n) is 7.84. The van der Waals surface area contributed by atoms with Gasteiger partial charge in [0.15, 0.2) is 0 Å². The molecule has 24 heavy (non-hydrogen) atoms. The quantitative estimate of drug-likeness (QED) is 0.775. The third-order valence-corrected chi connectivity index (χ3v) is 4.87. The van der Waals surface area contributed by atoms with Gasteiger partial charge in [-0.2, -0.15) is 0 Å². The molecule has 1 aromatic heterocycles. The fraction of sp³-hybridized carbons (Fsp3) is 0.158. The molecule has 0 saturated heterocycles. The van der Waals surface area contributed by atoms with Gasteiger partial charge in [-0.05, 0) is 12.5 Å². The van der Waals surface area contributed by atoms with Crippen molar-refractivity contribution in [3.8, 4) is 17.0 Å². The van der Waals surface area contributed by atoms with Crippen molar-refractivity contribution in [2.45, 2.75) is 12.3 Å². The monoisotopic (exact) mass is 336 g/mol. The van der Waals surface area contributed by atoms with Crippen LogP contribution in [0.2, 0.25) is 0 Å². The lowest BCUT2D eigenvalue weighted by Gasteiger charge is -2.24. The third kappa shape index (κ3) is 2.78. The Bertz CT molecular complexity index is 861. The number of carbonyl (C=O) groups is 1. The van der Waals surface area contributed by atoms with Crippen LogP contribution in [0.5, 0.6) is 5.75 Å². The number of hydrogen-bond donors (Lipinski definition) is 1. The molecule has 1 aliphatic heterocycles. The van der Waals surface area contributed by atoms with Crippen LogP contribution >= 0.6 is 11.3 Å². The lowest BCUT2D eigenvalue weighted by molar-refractivity contribution is -0.118. The summed E-state index contributed by atoms with van der Waals surface area (Å²) < 4.78 is 5.64. The van der Waals surface area contributed by atoms with Gasteiger partial charge in [0, 0.05) is 11.1 Å². The first-order valence-corrected chi connectivity index (χ1v) is 8.72. The van der Waals surface area contributed by atoms with Crippen molar-refractivity contribution in [3.63, 3.8) is 0 Å². The zero-order valence-electron chi connectivity index (χ0n) is 12.9. The zero-order valence-corrected chi connectivity index (χ0v) is 13.8. The Kier molecular flexibility index (Phi) is 4.01. The average molecular weight is 336 g/mol. The summed E-state index contributed by atoms with van der Waals surface area (Å²) in [6.45, 7) is 0.559. The number of rotatable bonds is 3. The third-order valence-electron chi connectivity index (χ3n) is 4.13. The number of thiazole rings is 1. The highest BCUT2D eigenvalue weighted by molar-refractivity contribution is 7.14. The molecule has 0 unspecified atom stereocenters. The van der Waals surface area contributed by atoms with Crippen LogP contribution in [0, 0.1) is 0 Å². The van der Waals surface area contributed by atoms with Gasteiger partial charge >= 0.3 is 0 Å². The molecule has 0 fully saturated rings. The Morgan fingerprint density at radius 3 is 2.79 bits per heavy atom. The number of para-hydroxylation sites is 1. The average Bonchev–Trinajstić information content (AvgIpc) is 3.10. The molecule has 120 valence electrons. The van der Waals surface area contributed by atoms with Gasteiger partial charge in [-0.25, -0.2) is 4.98 Å². The minimum Gasteiger partial charge on any atom is -0.493 e. The minimum atomic E-state index is -0.194. The number of aromatic nitrogens is 1. The number of ether oxygens (including phenoxy) is 1. The predicted octanol–water partition coefficient (Wildman–Crippen LogP) is 4.31. The van der Waals surface area contributed by atoms with Crippen molar-refractivity contribution >= 4 is 22.2 Å². The highest BCUT2D eigenvalue weighted by Crippen LogP contribution is 2.36. The fourth-order valence-corrected chi connectivity index (χ4v) is 3.66. The van der Waals surface area contributed by atoms with Crippen LogP contribution in [0.4, 0.5) is 5.00 Å². The molecule has 1 N–H and O–H groups in total. The number of benzene rings is 2. The maximum Gasteiger partial charge on any atom is 0.232 e. The Morgan fingerprint density at radius 2 is 1.92 bits per heavy atom. The molecule has 4 nitrogen and oxygen atoms in total. The molecule has 0 bridgehead atoms. The molecule has 5 heteroatoms. The molecular weight excluding hydrogens is 320 g/mol. The van der Waals surface area contributed by atoms with E-state index in [1.54, 1.807) is 5.51 Å². The zero-order chi connectivity index (χ0) is 16.4. The summed E-state index contributed by atoms with van der Waals surface area (Å²) >= 11 is 1.44. The smallest absolute Gasteiger partial charge is 0.232 e. The summed E-state index contributed by atoms with van der Waals surface area (Å²) in [4.78, 5) is 17.2. The van der Waals surface area contributed by atoms with Gasteiger partial charge < -0.3 is 10.1 Å². The standard InChI is InChI=1S/C19H16N2O2S/c22-18(15-10-11-23-16-9-5-4-8-14(15)16)21-19-17(20-12-24-19)13-6-2-1-3-7-13/h1-9,12,15H,10-11H2,(H,21,22)/t15-/m1/s1. The van der Waals surface area contributed by atoms with Crippen molar-refractivity contribution in [3.05, 3.63) is 65.7 Å². The van der Waals surface area contributed by atoms with Crippen LogP contribution in [0.3, 0.4) is 0 Å². The van der Waals surface area contributed by atoms with Gasteiger partial charge in [-0.1, -0.05) is 48.5 Å². The molecule has 3 aromatic rings. The summed E-state index contributed by atoms with van der Waals surface area (Å²) in [6, 6.07) is 17.6. The molecule has 0 spiro atoms. The number of nitrogens with zero attached hydrogens (tertiary/aromatic N) is 1. The van der Waals surface area contributed by atoms with Crippen LogP contribution in [0.15, 0.2) is 60.1 Å². The number of fused-ring (bicyclic) bond motifs is 1. The van der Waals surface area contributed by atoms with Crippen LogP contribution in [-0.4, -0.2) is 17.5 Å². The van der Waals surface area contributed by atoms with E-state index in [9.17, 15) is 4.79 Å². The first-order chi connectivity index (χ1) is 11.8. The van der Waals surface area contributed by atoms with Crippen molar-refractivity contribution in [2.75, 3.05) is 11.9 Å². The van der Waals surface area contributed by atoms with E-state index < -0.39 is 0 Å². The Hall–Kier alpha value is -2.66. The maximum absolute atomic E-state index is 12.8.